The van der Waals surface area contributed by atoms with E-state index in [2.05, 4.69) is 53.3 Å². The van der Waals surface area contributed by atoms with E-state index in [1.807, 2.05) is 0 Å². The summed E-state index contributed by atoms with van der Waals surface area (Å²) < 4.78 is 0. The minimum atomic E-state index is 0.512. The van der Waals surface area contributed by atoms with Gasteiger partial charge in [-0.15, -0.1) is 0 Å². The third-order valence-corrected chi connectivity index (χ3v) is 6.76. The third-order valence-electron chi connectivity index (χ3n) is 6.76. The summed E-state index contributed by atoms with van der Waals surface area (Å²) in [6, 6.07) is 0. The molecule has 0 nitrogen and oxygen atoms in total. The van der Waals surface area contributed by atoms with Gasteiger partial charge in [0.1, 0.15) is 0 Å². The lowest BCUT2D eigenvalue weighted by Crippen LogP contribution is -2.44. The molecule has 0 spiro atoms. The second-order valence-corrected chi connectivity index (χ2v) is 8.45. The molecule has 5 atom stereocenters. The highest BCUT2D eigenvalue weighted by Gasteiger charge is 2.47. The molecule has 2 aliphatic rings. The first kappa shape index (κ1) is 16.8. The largest absolute Gasteiger partial charge is 0.0996 e. The van der Waals surface area contributed by atoms with Gasteiger partial charge in [-0.05, 0) is 67.1 Å². The Bertz CT molecular complexity index is 389. The summed E-state index contributed by atoms with van der Waals surface area (Å²) in [6.07, 6.45) is 13.3. The Kier molecular flexibility index (Phi) is 5.38. The Labute approximate surface area is 133 Å². The number of fused-ring (bicyclic) bond motifs is 1. The average molecular weight is 289 g/mol. The van der Waals surface area contributed by atoms with Crippen LogP contribution in [0.4, 0.5) is 0 Å². The predicted octanol–water partition coefficient (Wildman–Crippen LogP) is 6.63. The van der Waals surface area contributed by atoms with Gasteiger partial charge in [-0.2, -0.15) is 0 Å². The van der Waals surface area contributed by atoms with Gasteiger partial charge >= 0.3 is 0 Å². The van der Waals surface area contributed by atoms with Crippen LogP contribution >= 0.6 is 0 Å². The third kappa shape index (κ3) is 3.46. The number of allylic oxidation sites excluding steroid dienone is 3. The molecule has 2 aliphatic carbocycles. The van der Waals surface area contributed by atoms with Gasteiger partial charge in [0, 0.05) is 0 Å². The van der Waals surface area contributed by atoms with E-state index in [1.54, 1.807) is 5.57 Å². The molecular formula is C21H36. The molecule has 0 aromatic rings. The Morgan fingerprint density at radius 3 is 2.48 bits per heavy atom. The standard InChI is InChI=1S/C21H36/c1-15(2)16(3)12-13-18(5)20-11-7-10-19-17(4)9-8-14-21(19,20)6/h12-13,15-16,18-20H,4,7-11,14H2,1-3,5-6H3/b13-12+/t16-,18?,19?,20?,21?/m0/s1. The Hall–Kier alpha value is -0.520. The van der Waals surface area contributed by atoms with Gasteiger partial charge in [-0.25, -0.2) is 0 Å². The predicted molar refractivity (Wildman–Crippen MR) is 94.2 cm³/mol. The van der Waals surface area contributed by atoms with Crippen LogP contribution in [-0.4, -0.2) is 0 Å². The molecule has 0 heterocycles. The van der Waals surface area contributed by atoms with E-state index in [-0.39, 0.29) is 0 Å². The molecule has 0 heteroatoms. The first-order valence-electron chi connectivity index (χ1n) is 9.22. The number of hydrogen-bond donors (Lipinski definition) is 0. The summed E-state index contributed by atoms with van der Waals surface area (Å²) in [6.45, 7) is 16.4. The smallest absolute Gasteiger partial charge is 0.0149 e. The highest BCUT2D eigenvalue weighted by Crippen LogP contribution is 2.57. The van der Waals surface area contributed by atoms with Gasteiger partial charge in [0.15, 0.2) is 0 Å². The lowest BCUT2D eigenvalue weighted by molar-refractivity contribution is 0.0125. The fourth-order valence-corrected chi connectivity index (χ4v) is 4.93. The van der Waals surface area contributed by atoms with Gasteiger partial charge in [0.05, 0.1) is 0 Å². The summed E-state index contributed by atoms with van der Waals surface area (Å²) in [5, 5.41) is 0. The van der Waals surface area contributed by atoms with Crippen molar-refractivity contribution in [1.82, 2.24) is 0 Å². The van der Waals surface area contributed by atoms with Crippen molar-refractivity contribution < 1.29 is 0 Å². The second-order valence-electron chi connectivity index (χ2n) is 8.45. The van der Waals surface area contributed by atoms with Gasteiger partial charge in [-0.3, -0.25) is 0 Å². The highest BCUT2D eigenvalue weighted by atomic mass is 14.5. The topological polar surface area (TPSA) is 0 Å². The van der Waals surface area contributed by atoms with Crippen LogP contribution in [0.15, 0.2) is 24.3 Å². The molecule has 4 unspecified atom stereocenters. The molecule has 0 N–H and O–H groups in total. The van der Waals surface area contributed by atoms with E-state index in [4.69, 9.17) is 0 Å². The van der Waals surface area contributed by atoms with Crippen molar-refractivity contribution in [2.45, 2.75) is 73.1 Å². The van der Waals surface area contributed by atoms with Gasteiger partial charge in [0.2, 0.25) is 0 Å². The van der Waals surface area contributed by atoms with E-state index in [1.165, 1.54) is 38.5 Å². The fourth-order valence-electron chi connectivity index (χ4n) is 4.93. The quantitative estimate of drug-likeness (QED) is 0.509. The zero-order chi connectivity index (χ0) is 15.6. The number of rotatable bonds is 4. The monoisotopic (exact) mass is 288 g/mol. The van der Waals surface area contributed by atoms with Crippen molar-refractivity contribution in [1.29, 1.82) is 0 Å². The van der Waals surface area contributed by atoms with Crippen molar-refractivity contribution >= 4 is 0 Å². The maximum absolute atomic E-state index is 4.42. The van der Waals surface area contributed by atoms with Crippen molar-refractivity contribution in [3.8, 4) is 0 Å². The first-order valence-corrected chi connectivity index (χ1v) is 9.22. The Morgan fingerprint density at radius 1 is 1.10 bits per heavy atom. The molecule has 0 aromatic heterocycles. The van der Waals surface area contributed by atoms with E-state index < -0.39 is 0 Å². The minimum absolute atomic E-state index is 0.512. The zero-order valence-electron chi connectivity index (χ0n) is 15.0. The molecule has 0 radical (unpaired) electrons. The van der Waals surface area contributed by atoms with E-state index in [9.17, 15) is 0 Å². The van der Waals surface area contributed by atoms with Crippen molar-refractivity contribution in [2.24, 2.45) is 35.0 Å². The van der Waals surface area contributed by atoms with Gasteiger partial charge < -0.3 is 0 Å². The fraction of sp³-hybridized carbons (Fsp3) is 0.810. The SMILES string of the molecule is C=C1CCCC2(C)C1CCCC2C(C)/C=C/[C@H](C)C(C)C. The zero-order valence-corrected chi connectivity index (χ0v) is 15.0. The lowest BCUT2D eigenvalue weighted by Gasteiger charge is -2.53. The second kappa shape index (κ2) is 6.71. The molecule has 2 rings (SSSR count). The van der Waals surface area contributed by atoms with Gasteiger partial charge in [0.25, 0.3) is 0 Å². The van der Waals surface area contributed by atoms with Crippen LogP contribution in [-0.2, 0) is 0 Å². The lowest BCUT2D eigenvalue weighted by atomic mass is 9.52. The molecule has 120 valence electrons. The molecule has 2 fully saturated rings. The number of hydrogen-bond acceptors (Lipinski definition) is 0. The van der Waals surface area contributed by atoms with E-state index in [0.29, 0.717) is 17.3 Å². The van der Waals surface area contributed by atoms with Gasteiger partial charge in [-0.1, -0.05) is 65.3 Å². The van der Waals surface area contributed by atoms with Crippen molar-refractivity contribution in [3.05, 3.63) is 24.3 Å². The molecule has 2 saturated carbocycles. The molecule has 0 aromatic carbocycles. The van der Waals surface area contributed by atoms with Crippen LogP contribution in [0.5, 0.6) is 0 Å². The Morgan fingerprint density at radius 2 is 1.81 bits per heavy atom. The summed E-state index contributed by atoms with van der Waals surface area (Å²) in [5.41, 5.74) is 2.07. The summed E-state index contributed by atoms with van der Waals surface area (Å²) in [5.74, 6) is 3.80. The van der Waals surface area contributed by atoms with E-state index in [0.717, 1.165) is 17.8 Å². The van der Waals surface area contributed by atoms with Crippen molar-refractivity contribution in [2.75, 3.05) is 0 Å². The maximum Gasteiger partial charge on any atom is -0.0149 e. The summed E-state index contributed by atoms with van der Waals surface area (Å²) >= 11 is 0. The summed E-state index contributed by atoms with van der Waals surface area (Å²) in [4.78, 5) is 0. The molecule has 0 aliphatic heterocycles. The Balaban J connectivity index is 2.12. The molecular weight excluding hydrogens is 252 g/mol. The van der Waals surface area contributed by atoms with Crippen molar-refractivity contribution in [3.63, 3.8) is 0 Å². The summed E-state index contributed by atoms with van der Waals surface area (Å²) in [7, 11) is 0. The molecule has 0 amide bonds. The van der Waals surface area contributed by atoms with Crippen LogP contribution in [0.25, 0.3) is 0 Å². The van der Waals surface area contributed by atoms with Crippen LogP contribution in [0.1, 0.15) is 73.1 Å². The molecule has 21 heavy (non-hydrogen) atoms. The highest BCUT2D eigenvalue weighted by molar-refractivity contribution is 5.14. The minimum Gasteiger partial charge on any atom is -0.0996 e. The molecule has 0 saturated heterocycles. The average Bonchev–Trinajstić information content (AvgIpc) is 2.43. The van der Waals surface area contributed by atoms with Crippen LogP contribution in [0.2, 0.25) is 0 Å². The van der Waals surface area contributed by atoms with Crippen LogP contribution < -0.4 is 0 Å². The maximum atomic E-state index is 4.42. The van der Waals surface area contributed by atoms with E-state index >= 15 is 0 Å². The molecule has 0 bridgehead atoms. The van der Waals surface area contributed by atoms with Crippen LogP contribution in [0.3, 0.4) is 0 Å². The first-order chi connectivity index (χ1) is 9.86. The normalized spacial score (nSPS) is 36.8. The van der Waals surface area contributed by atoms with Crippen LogP contribution in [0, 0.1) is 35.0 Å².